The standard InChI is InChI=1S/C27H32N2O3S2/c1-4-23(3)29(34(31,32)18-16-24-11-7-5-8-12-24)21-27(30)28(19-25-13-9-6-10-14-25)20-26-22(2)15-17-33-26/h5-18,23H,4,19-21H2,1-3H3. The van der Waals surface area contributed by atoms with E-state index in [9.17, 15) is 13.2 Å². The van der Waals surface area contributed by atoms with Crippen LogP contribution in [0.5, 0.6) is 0 Å². The molecule has 2 aromatic carbocycles. The van der Waals surface area contributed by atoms with Gasteiger partial charge in [-0.3, -0.25) is 4.79 Å². The van der Waals surface area contributed by atoms with Crippen LogP contribution in [0.3, 0.4) is 0 Å². The quantitative estimate of drug-likeness (QED) is 0.343. The van der Waals surface area contributed by atoms with Gasteiger partial charge in [0.25, 0.3) is 0 Å². The second kappa shape index (κ2) is 12.1. The highest BCUT2D eigenvalue weighted by Gasteiger charge is 2.29. The molecule has 1 unspecified atom stereocenters. The topological polar surface area (TPSA) is 57.7 Å². The van der Waals surface area contributed by atoms with Crippen LogP contribution in [0, 0.1) is 6.92 Å². The van der Waals surface area contributed by atoms with E-state index in [2.05, 4.69) is 0 Å². The van der Waals surface area contributed by atoms with Gasteiger partial charge in [-0.2, -0.15) is 4.31 Å². The Morgan fingerprint density at radius 2 is 1.65 bits per heavy atom. The highest BCUT2D eigenvalue weighted by molar-refractivity contribution is 7.92. The van der Waals surface area contributed by atoms with Gasteiger partial charge in [-0.25, -0.2) is 8.42 Å². The van der Waals surface area contributed by atoms with Crippen LogP contribution in [0.25, 0.3) is 6.08 Å². The van der Waals surface area contributed by atoms with E-state index in [1.54, 1.807) is 22.3 Å². The summed E-state index contributed by atoms with van der Waals surface area (Å²) in [5.41, 5.74) is 2.93. The van der Waals surface area contributed by atoms with E-state index < -0.39 is 10.0 Å². The van der Waals surface area contributed by atoms with Crippen LogP contribution in [0.4, 0.5) is 0 Å². The maximum Gasteiger partial charge on any atom is 0.238 e. The van der Waals surface area contributed by atoms with Crippen molar-refractivity contribution in [2.45, 2.75) is 46.3 Å². The van der Waals surface area contributed by atoms with E-state index in [0.717, 1.165) is 21.6 Å². The molecule has 0 N–H and O–H groups in total. The molecule has 3 aromatic rings. The van der Waals surface area contributed by atoms with Gasteiger partial charge in [-0.05, 0) is 54.5 Å². The van der Waals surface area contributed by atoms with Crippen LogP contribution in [0.2, 0.25) is 0 Å². The van der Waals surface area contributed by atoms with Crippen molar-refractivity contribution >= 4 is 33.3 Å². The molecule has 0 saturated carbocycles. The fourth-order valence-corrected chi connectivity index (χ4v) is 5.86. The third kappa shape index (κ3) is 7.13. The molecule has 1 aromatic heterocycles. The zero-order valence-electron chi connectivity index (χ0n) is 19.9. The minimum Gasteiger partial charge on any atom is -0.332 e. The smallest absolute Gasteiger partial charge is 0.238 e. The number of carbonyl (C=O) groups excluding carboxylic acids is 1. The molecule has 1 amide bonds. The monoisotopic (exact) mass is 496 g/mol. The molecular weight excluding hydrogens is 464 g/mol. The number of carbonyl (C=O) groups is 1. The average Bonchev–Trinajstić information content (AvgIpc) is 3.25. The van der Waals surface area contributed by atoms with Crippen molar-refractivity contribution in [3.63, 3.8) is 0 Å². The van der Waals surface area contributed by atoms with Gasteiger partial charge in [0.05, 0.1) is 13.1 Å². The van der Waals surface area contributed by atoms with Crippen LogP contribution < -0.4 is 0 Å². The molecule has 0 bridgehead atoms. The van der Waals surface area contributed by atoms with Crippen molar-refractivity contribution in [3.8, 4) is 0 Å². The van der Waals surface area contributed by atoms with E-state index in [1.165, 1.54) is 9.71 Å². The molecule has 1 atom stereocenters. The van der Waals surface area contributed by atoms with E-state index >= 15 is 0 Å². The zero-order valence-corrected chi connectivity index (χ0v) is 21.6. The van der Waals surface area contributed by atoms with E-state index in [-0.39, 0.29) is 18.5 Å². The summed E-state index contributed by atoms with van der Waals surface area (Å²) >= 11 is 1.61. The van der Waals surface area contributed by atoms with Crippen molar-refractivity contribution in [2.24, 2.45) is 0 Å². The van der Waals surface area contributed by atoms with Crippen LogP contribution in [-0.4, -0.2) is 36.1 Å². The van der Waals surface area contributed by atoms with Crippen LogP contribution in [-0.2, 0) is 27.9 Å². The largest absolute Gasteiger partial charge is 0.332 e. The van der Waals surface area contributed by atoms with Crippen LogP contribution in [0.1, 0.15) is 41.8 Å². The third-order valence-electron chi connectivity index (χ3n) is 5.80. The van der Waals surface area contributed by atoms with Crippen molar-refractivity contribution in [3.05, 3.63) is 99.1 Å². The first-order chi connectivity index (χ1) is 16.3. The minimum atomic E-state index is -3.80. The molecule has 1 heterocycles. The summed E-state index contributed by atoms with van der Waals surface area (Å²) in [4.78, 5) is 16.4. The summed E-state index contributed by atoms with van der Waals surface area (Å²) in [6, 6.07) is 20.8. The first-order valence-corrected chi connectivity index (χ1v) is 13.8. The second-order valence-corrected chi connectivity index (χ2v) is 11.1. The van der Waals surface area contributed by atoms with Crippen molar-refractivity contribution in [1.82, 2.24) is 9.21 Å². The Morgan fingerprint density at radius 1 is 1.00 bits per heavy atom. The summed E-state index contributed by atoms with van der Waals surface area (Å²) in [5, 5.41) is 3.22. The number of thiophene rings is 1. The second-order valence-electron chi connectivity index (χ2n) is 8.32. The third-order valence-corrected chi connectivity index (χ3v) is 8.43. The number of aryl methyl sites for hydroxylation is 1. The Bertz CT molecular complexity index is 1190. The number of amides is 1. The normalized spacial score (nSPS) is 12.8. The van der Waals surface area contributed by atoms with Gasteiger partial charge in [0.15, 0.2) is 0 Å². The van der Waals surface area contributed by atoms with Crippen molar-refractivity contribution in [2.75, 3.05) is 6.54 Å². The molecule has 7 heteroatoms. The highest BCUT2D eigenvalue weighted by Crippen LogP contribution is 2.21. The van der Waals surface area contributed by atoms with E-state index in [1.807, 2.05) is 92.9 Å². The molecule has 0 aliphatic heterocycles. The SMILES string of the molecule is CCC(C)N(CC(=O)N(Cc1ccccc1)Cc1sccc1C)S(=O)(=O)C=Cc1ccccc1. The molecule has 0 aliphatic rings. The molecule has 34 heavy (non-hydrogen) atoms. The molecule has 5 nitrogen and oxygen atoms in total. The van der Waals surface area contributed by atoms with Crippen molar-refractivity contribution < 1.29 is 13.2 Å². The van der Waals surface area contributed by atoms with Gasteiger partial charge in [-0.15, -0.1) is 11.3 Å². The Hall–Kier alpha value is -2.74. The lowest BCUT2D eigenvalue weighted by Crippen LogP contribution is -2.45. The lowest BCUT2D eigenvalue weighted by molar-refractivity contribution is -0.133. The molecule has 0 radical (unpaired) electrons. The Morgan fingerprint density at radius 3 is 2.24 bits per heavy atom. The predicted molar refractivity (Wildman–Crippen MR) is 141 cm³/mol. The van der Waals surface area contributed by atoms with Gasteiger partial charge in [0.2, 0.25) is 15.9 Å². The number of hydrogen-bond acceptors (Lipinski definition) is 4. The summed E-state index contributed by atoms with van der Waals surface area (Å²) in [7, 11) is -3.80. The van der Waals surface area contributed by atoms with Gasteiger partial charge in [0, 0.05) is 22.9 Å². The van der Waals surface area contributed by atoms with Gasteiger partial charge >= 0.3 is 0 Å². The Kier molecular flexibility index (Phi) is 9.21. The van der Waals surface area contributed by atoms with E-state index in [0.29, 0.717) is 19.5 Å². The lowest BCUT2D eigenvalue weighted by atomic mass is 10.2. The molecule has 0 fully saturated rings. The predicted octanol–water partition coefficient (Wildman–Crippen LogP) is 5.69. The number of benzene rings is 2. The van der Waals surface area contributed by atoms with Gasteiger partial charge < -0.3 is 4.90 Å². The Balaban J connectivity index is 1.85. The number of sulfonamides is 1. The molecule has 3 rings (SSSR count). The maximum absolute atomic E-state index is 13.5. The maximum atomic E-state index is 13.5. The van der Waals surface area contributed by atoms with Crippen LogP contribution >= 0.6 is 11.3 Å². The lowest BCUT2D eigenvalue weighted by Gasteiger charge is -2.29. The van der Waals surface area contributed by atoms with Gasteiger partial charge in [0.1, 0.15) is 0 Å². The Labute approximate surface area is 207 Å². The summed E-state index contributed by atoms with van der Waals surface area (Å²) in [6.07, 6.45) is 2.18. The fraction of sp³-hybridized carbons (Fsp3) is 0.296. The minimum absolute atomic E-state index is 0.201. The fourth-order valence-electron chi connectivity index (χ4n) is 3.52. The summed E-state index contributed by atoms with van der Waals surface area (Å²) < 4.78 is 27.8. The molecule has 0 aliphatic carbocycles. The summed E-state index contributed by atoms with van der Waals surface area (Å²) in [5.74, 6) is -0.214. The zero-order chi connectivity index (χ0) is 24.6. The highest BCUT2D eigenvalue weighted by atomic mass is 32.2. The van der Waals surface area contributed by atoms with Gasteiger partial charge in [-0.1, -0.05) is 67.6 Å². The first kappa shape index (κ1) is 25.9. The molecule has 0 saturated heterocycles. The number of rotatable bonds is 11. The molecule has 0 spiro atoms. The first-order valence-electron chi connectivity index (χ1n) is 11.4. The molecular formula is C27H32N2O3S2. The van der Waals surface area contributed by atoms with Crippen molar-refractivity contribution in [1.29, 1.82) is 0 Å². The van der Waals surface area contributed by atoms with E-state index in [4.69, 9.17) is 0 Å². The number of hydrogen-bond donors (Lipinski definition) is 0. The molecule has 180 valence electrons. The summed E-state index contributed by atoms with van der Waals surface area (Å²) in [6.45, 7) is 6.47. The average molecular weight is 497 g/mol. The van der Waals surface area contributed by atoms with Crippen LogP contribution in [0.15, 0.2) is 77.5 Å². The number of nitrogens with zero attached hydrogens (tertiary/aromatic N) is 2.